The molecule has 0 radical (unpaired) electrons. The lowest BCUT2D eigenvalue weighted by atomic mass is 9.42. The van der Waals surface area contributed by atoms with Gasteiger partial charge in [-0.15, -0.1) is 0 Å². The minimum Gasteiger partial charge on any atom is -0.376 e. The van der Waals surface area contributed by atoms with Gasteiger partial charge in [0.05, 0.1) is 5.41 Å². The summed E-state index contributed by atoms with van der Waals surface area (Å²) in [5.41, 5.74) is 22.4. The van der Waals surface area contributed by atoms with Gasteiger partial charge in [-0.25, -0.2) is 0 Å². The summed E-state index contributed by atoms with van der Waals surface area (Å²) in [6.45, 7) is 6.69. The van der Waals surface area contributed by atoms with Crippen molar-refractivity contribution in [1.29, 1.82) is 0 Å². The Hall–Kier alpha value is -6.58. The number of hydrogen-bond donors (Lipinski definition) is 0. The molecule has 11 rings (SSSR count). The molecule has 0 saturated carbocycles. The molecule has 3 heteroatoms. The summed E-state index contributed by atoms with van der Waals surface area (Å²) in [6.07, 6.45) is 0. The first-order chi connectivity index (χ1) is 27.1. The van der Waals surface area contributed by atoms with Gasteiger partial charge < -0.3 is 9.71 Å². The Kier molecular flexibility index (Phi) is 6.94. The fraction of sp³-hybridized carbons (Fsp3) is 0.0769. The molecule has 3 aliphatic heterocycles. The SMILES string of the molecule is Cc1cc(C)c(-c2cc3c4c(c2)N(c2ccccc2)c2ccccc2B4N2c4ccccc4C(c4ccccc4)(c4ccccc4)c4cccc-3c42)c(C)c1. The topological polar surface area (TPSA) is 6.48 Å². The van der Waals surface area contributed by atoms with Crippen molar-refractivity contribution in [3.05, 3.63) is 221 Å². The van der Waals surface area contributed by atoms with Crippen LogP contribution in [-0.4, -0.2) is 6.85 Å². The molecule has 0 fully saturated rings. The second-order valence-electron chi connectivity index (χ2n) is 15.4. The number of aryl methyl sites for hydroxylation is 3. The molecule has 0 N–H and O–H groups in total. The van der Waals surface area contributed by atoms with Gasteiger partial charge in [0.2, 0.25) is 0 Å². The van der Waals surface area contributed by atoms with E-state index in [1.807, 2.05) is 0 Å². The average molecular weight is 703 g/mol. The predicted molar refractivity (Wildman–Crippen MR) is 232 cm³/mol. The first-order valence-electron chi connectivity index (χ1n) is 19.4. The van der Waals surface area contributed by atoms with Crippen LogP contribution in [-0.2, 0) is 5.41 Å². The molecule has 0 aromatic heterocycles. The van der Waals surface area contributed by atoms with Crippen LogP contribution in [0.15, 0.2) is 182 Å². The fourth-order valence-electron chi connectivity index (χ4n) is 10.5. The largest absolute Gasteiger partial charge is 0.376 e. The van der Waals surface area contributed by atoms with Crippen molar-refractivity contribution < 1.29 is 0 Å². The lowest BCUT2D eigenvalue weighted by Gasteiger charge is -2.53. The molecule has 0 saturated heterocycles. The molecule has 55 heavy (non-hydrogen) atoms. The monoisotopic (exact) mass is 702 g/mol. The molecule has 0 unspecified atom stereocenters. The van der Waals surface area contributed by atoms with Crippen molar-refractivity contribution in [2.24, 2.45) is 0 Å². The van der Waals surface area contributed by atoms with Gasteiger partial charge in [0.15, 0.2) is 0 Å². The normalized spacial score (nSPS) is 14.1. The fourth-order valence-corrected chi connectivity index (χ4v) is 10.5. The lowest BCUT2D eigenvalue weighted by Crippen LogP contribution is -2.63. The summed E-state index contributed by atoms with van der Waals surface area (Å²) in [5, 5.41) is 0. The van der Waals surface area contributed by atoms with Crippen LogP contribution < -0.4 is 20.6 Å². The number of rotatable bonds is 4. The predicted octanol–water partition coefficient (Wildman–Crippen LogP) is 11.7. The van der Waals surface area contributed by atoms with E-state index in [2.05, 4.69) is 212 Å². The zero-order valence-corrected chi connectivity index (χ0v) is 31.3. The highest BCUT2D eigenvalue weighted by Crippen LogP contribution is 2.60. The van der Waals surface area contributed by atoms with Crippen LogP contribution in [0.25, 0.3) is 22.3 Å². The van der Waals surface area contributed by atoms with Gasteiger partial charge in [-0.1, -0.05) is 151 Å². The van der Waals surface area contributed by atoms with Crippen LogP contribution in [0.5, 0.6) is 0 Å². The van der Waals surface area contributed by atoms with E-state index in [-0.39, 0.29) is 6.85 Å². The maximum absolute atomic E-state index is 2.69. The number of para-hydroxylation sites is 4. The molecule has 260 valence electrons. The Morgan fingerprint density at radius 3 is 1.75 bits per heavy atom. The van der Waals surface area contributed by atoms with E-state index in [9.17, 15) is 0 Å². The summed E-state index contributed by atoms with van der Waals surface area (Å²) in [6, 6.07) is 68.2. The van der Waals surface area contributed by atoms with Gasteiger partial charge >= 0.3 is 6.85 Å². The third kappa shape index (κ3) is 4.38. The van der Waals surface area contributed by atoms with Crippen molar-refractivity contribution in [1.82, 2.24) is 0 Å². The van der Waals surface area contributed by atoms with Crippen LogP contribution in [0, 0.1) is 20.8 Å². The number of fused-ring (bicyclic) bond motifs is 6. The maximum Gasteiger partial charge on any atom is 0.333 e. The van der Waals surface area contributed by atoms with Crippen molar-refractivity contribution in [3.63, 3.8) is 0 Å². The Balaban J connectivity index is 1.32. The number of hydrogen-bond acceptors (Lipinski definition) is 2. The summed E-state index contributed by atoms with van der Waals surface area (Å²) >= 11 is 0. The molecule has 0 spiro atoms. The van der Waals surface area contributed by atoms with Crippen molar-refractivity contribution in [2.75, 3.05) is 9.71 Å². The molecule has 2 nitrogen and oxygen atoms in total. The number of benzene rings is 8. The van der Waals surface area contributed by atoms with E-state index in [0.717, 1.165) is 5.69 Å². The van der Waals surface area contributed by atoms with Gasteiger partial charge in [0.1, 0.15) is 0 Å². The molecule has 3 heterocycles. The van der Waals surface area contributed by atoms with E-state index in [1.54, 1.807) is 0 Å². The summed E-state index contributed by atoms with van der Waals surface area (Å²) in [7, 11) is 0. The Morgan fingerprint density at radius 2 is 1.05 bits per heavy atom. The van der Waals surface area contributed by atoms with E-state index < -0.39 is 5.41 Å². The summed E-state index contributed by atoms with van der Waals surface area (Å²) in [4.78, 5) is 5.20. The zero-order valence-electron chi connectivity index (χ0n) is 31.3. The quantitative estimate of drug-likeness (QED) is 0.169. The van der Waals surface area contributed by atoms with Gasteiger partial charge in [-0.2, -0.15) is 0 Å². The number of anilines is 5. The molecule has 0 bridgehead atoms. The second kappa shape index (κ2) is 12.0. The third-order valence-electron chi connectivity index (χ3n) is 12.3. The molecule has 8 aromatic rings. The highest BCUT2D eigenvalue weighted by Gasteiger charge is 2.53. The molecule has 8 aromatic carbocycles. The van der Waals surface area contributed by atoms with Gasteiger partial charge in [0, 0.05) is 34.0 Å². The Morgan fingerprint density at radius 1 is 0.473 bits per heavy atom. The Labute approximate surface area is 324 Å². The highest BCUT2D eigenvalue weighted by molar-refractivity contribution is 6.93. The van der Waals surface area contributed by atoms with E-state index in [0.29, 0.717) is 0 Å². The second-order valence-corrected chi connectivity index (χ2v) is 15.4. The number of nitrogens with zero attached hydrogens (tertiary/aromatic N) is 2. The molecule has 0 aliphatic carbocycles. The summed E-state index contributed by atoms with van der Waals surface area (Å²) < 4.78 is 0. The van der Waals surface area contributed by atoms with E-state index in [1.165, 1.54) is 94.9 Å². The highest BCUT2D eigenvalue weighted by atomic mass is 15.2. The third-order valence-corrected chi connectivity index (χ3v) is 12.3. The van der Waals surface area contributed by atoms with Crippen molar-refractivity contribution in [2.45, 2.75) is 26.2 Å². The first kappa shape index (κ1) is 31.9. The molecule has 0 atom stereocenters. The zero-order chi connectivity index (χ0) is 36.8. The smallest absolute Gasteiger partial charge is 0.333 e. The molecular formula is C52H39BN2. The maximum atomic E-state index is 2.69. The van der Waals surface area contributed by atoms with Gasteiger partial charge in [-0.3, -0.25) is 0 Å². The molecule has 0 amide bonds. The first-order valence-corrected chi connectivity index (χ1v) is 19.4. The van der Waals surface area contributed by atoms with Crippen LogP contribution in [0.4, 0.5) is 28.4 Å². The summed E-state index contributed by atoms with van der Waals surface area (Å²) in [5.74, 6) is 0. The minimum absolute atomic E-state index is 0.0465. The standard InChI is InChI=1S/C52H39BN2/c1-34-30-35(2)49(36(3)31-34)37-32-42-41-24-17-26-44-51(41)55(53-45-27-14-16-29-47(45)54(48(33-37)50(42)53)40-22-11-6-12-23-40)46-28-15-13-25-43(46)52(44,38-18-7-4-8-19-38)39-20-9-5-10-21-39/h4-33H,1-3H3. The van der Waals surface area contributed by atoms with E-state index >= 15 is 0 Å². The van der Waals surface area contributed by atoms with E-state index in [4.69, 9.17) is 0 Å². The average Bonchev–Trinajstić information content (AvgIpc) is 3.22. The van der Waals surface area contributed by atoms with Crippen LogP contribution in [0.1, 0.15) is 38.9 Å². The van der Waals surface area contributed by atoms with Crippen molar-refractivity contribution >= 4 is 46.2 Å². The Bertz CT molecular complexity index is 2750. The van der Waals surface area contributed by atoms with Crippen LogP contribution in [0.2, 0.25) is 0 Å². The van der Waals surface area contributed by atoms with Gasteiger partial charge in [0.25, 0.3) is 0 Å². The van der Waals surface area contributed by atoms with Crippen LogP contribution in [0.3, 0.4) is 0 Å². The lowest BCUT2D eigenvalue weighted by molar-refractivity contribution is 0.734. The molecular weight excluding hydrogens is 663 g/mol. The van der Waals surface area contributed by atoms with Crippen molar-refractivity contribution in [3.8, 4) is 22.3 Å². The van der Waals surface area contributed by atoms with Crippen LogP contribution >= 0.6 is 0 Å². The van der Waals surface area contributed by atoms with Gasteiger partial charge in [-0.05, 0) is 118 Å². The molecule has 3 aliphatic rings. The minimum atomic E-state index is -0.534.